The molecule has 0 amide bonds. The van der Waals surface area contributed by atoms with Crippen LogP contribution >= 0.6 is 0 Å². The zero-order valence-corrected chi connectivity index (χ0v) is 10.8. The van der Waals surface area contributed by atoms with E-state index in [-0.39, 0.29) is 5.60 Å². The van der Waals surface area contributed by atoms with Gasteiger partial charge in [0.2, 0.25) is 0 Å². The minimum atomic E-state index is 0.0261. The first kappa shape index (κ1) is 12.6. The normalized spacial score (nSPS) is 21.3. The summed E-state index contributed by atoms with van der Waals surface area (Å²) in [6.45, 7) is 3.05. The molecule has 4 heteroatoms. The number of nitrogens with one attached hydrogen (secondary N) is 2. The zero-order valence-electron chi connectivity index (χ0n) is 10.8. The van der Waals surface area contributed by atoms with Crippen molar-refractivity contribution in [3.8, 4) is 0 Å². The van der Waals surface area contributed by atoms with Crippen LogP contribution in [0.25, 0.3) is 0 Å². The molecule has 96 valence electrons. The number of aromatic amines is 1. The third kappa shape index (κ3) is 2.87. The molecule has 0 saturated heterocycles. The van der Waals surface area contributed by atoms with Crippen LogP contribution in [0, 0.1) is 0 Å². The molecule has 0 aliphatic heterocycles. The first-order valence-corrected chi connectivity index (χ1v) is 6.54. The van der Waals surface area contributed by atoms with Crippen molar-refractivity contribution >= 4 is 0 Å². The van der Waals surface area contributed by atoms with Gasteiger partial charge in [-0.25, -0.2) is 0 Å². The minimum absolute atomic E-state index is 0.0261. The fraction of sp³-hybridized carbons (Fsp3) is 0.769. The van der Waals surface area contributed by atoms with Crippen molar-refractivity contribution in [1.29, 1.82) is 0 Å². The lowest BCUT2D eigenvalue weighted by Crippen LogP contribution is -2.51. The van der Waals surface area contributed by atoms with Crippen molar-refractivity contribution in [3.63, 3.8) is 0 Å². The average Bonchev–Trinajstić information content (AvgIpc) is 2.90. The lowest BCUT2D eigenvalue weighted by molar-refractivity contribution is -0.0634. The van der Waals surface area contributed by atoms with Crippen LogP contribution < -0.4 is 5.32 Å². The Hall–Kier alpha value is -0.870. The van der Waals surface area contributed by atoms with Crippen LogP contribution in [0.1, 0.15) is 44.7 Å². The van der Waals surface area contributed by atoms with Crippen molar-refractivity contribution in [3.05, 3.63) is 18.0 Å². The summed E-state index contributed by atoms with van der Waals surface area (Å²) < 4.78 is 5.82. The standard InChI is InChI=1S/C13H23N3O/c1-11(14-10-12-6-9-15-16-12)13(17-2)7-4-3-5-8-13/h6,9,11,14H,3-5,7-8,10H2,1-2H3,(H,15,16). The van der Waals surface area contributed by atoms with Gasteiger partial charge >= 0.3 is 0 Å². The first-order chi connectivity index (χ1) is 8.27. The van der Waals surface area contributed by atoms with Gasteiger partial charge in [0.15, 0.2) is 0 Å². The summed E-state index contributed by atoms with van der Waals surface area (Å²) >= 11 is 0. The fourth-order valence-electron chi connectivity index (χ4n) is 2.80. The summed E-state index contributed by atoms with van der Waals surface area (Å²) in [4.78, 5) is 0. The molecule has 1 aliphatic rings. The molecular weight excluding hydrogens is 214 g/mol. The summed E-state index contributed by atoms with van der Waals surface area (Å²) in [7, 11) is 1.85. The van der Waals surface area contributed by atoms with E-state index >= 15 is 0 Å². The summed E-state index contributed by atoms with van der Waals surface area (Å²) in [5, 5.41) is 10.5. The van der Waals surface area contributed by atoms with Crippen LogP contribution in [0.2, 0.25) is 0 Å². The number of nitrogens with zero attached hydrogens (tertiary/aromatic N) is 1. The van der Waals surface area contributed by atoms with E-state index in [9.17, 15) is 0 Å². The summed E-state index contributed by atoms with van der Waals surface area (Å²) in [6, 6.07) is 2.37. The molecule has 0 radical (unpaired) electrons. The predicted molar refractivity (Wildman–Crippen MR) is 67.7 cm³/mol. The van der Waals surface area contributed by atoms with Crippen LogP contribution in [0.5, 0.6) is 0 Å². The smallest absolute Gasteiger partial charge is 0.0828 e. The number of ether oxygens (including phenoxy) is 1. The number of aromatic nitrogens is 2. The van der Waals surface area contributed by atoms with Gasteiger partial charge < -0.3 is 10.1 Å². The average molecular weight is 237 g/mol. The third-order valence-electron chi connectivity index (χ3n) is 4.05. The summed E-state index contributed by atoms with van der Waals surface area (Å²) in [6.07, 6.45) is 8.03. The van der Waals surface area contributed by atoms with Gasteiger partial charge in [0.25, 0.3) is 0 Å². The van der Waals surface area contributed by atoms with E-state index in [4.69, 9.17) is 4.74 Å². The monoisotopic (exact) mass is 237 g/mol. The zero-order chi connectivity index (χ0) is 12.1. The summed E-state index contributed by atoms with van der Waals surface area (Å²) in [5.41, 5.74) is 1.15. The van der Waals surface area contributed by atoms with E-state index in [0.29, 0.717) is 6.04 Å². The molecule has 1 aromatic heterocycles. The highest BCUT2D eigenvalue weighted by Gasteiger charge is 2.37. The lowest BCUT2D eigenvalue weighted by Gasteiger charge is -2.41. The van der Waals surface area contributed by atoms with Crippen molar-refractivity contribution in [1.82, 2.24) is 15.5 Å². The topological polar surface area (TPSA) is 49.9 Å². The molecule has 17 heavy (non-hydrogen) atoms. The van der Waals surface area contributed by atoms with E-state index in [1.807, 2.05) is 13.2 Å². The Morgan fingerprint density at radius 3 is 2.82 bits per heavy atom. The van der Waals surface area contributed by atoms with Gasteiger partial charge in [-0.1, -0.05) is 19.3 Å². The third-order valence-corrected chi connectivity index (χ3v) is 4.05. The Bertz CT molecular complexity index is 317. The molecule has 0 bridgehead atoms. The van der Waals surface area contributed by atoms with E-state index < -0.39 is 0 Å². The molecule has 1 unspecified atom stereocenters. The van der Waals surface area contributed by atoms with E-state index in [1.165, 1.54) is 32.1 Å². The van der Waals surface area contributed by atoms with E-state index in [0.717, 1.165) is 12.2 Å². The van der Waals surface area contributed by atoms with Gasteiger partial charge in [0.1, 0.15) is 0 Å². The molecule has 1 fully saturated rings. The maximum absolute atomic E-state index is 5.82. The van der Waals surface area contributed by atoms with Crippen LogP contribution in [-0.2, 0) is 11.3 Å². The Kier molecular flexibility index (Phi) is 4.18. The van der Waals surface area contributed by atoms with Gasteiger partial charge in [-0.2, -0.15) is 5.10 Å². The Labute approximate surface area is 103 Å². The second-order valence-corrected chi connectivity index (χ2v) is 5.01. The number of H-pyrrole nitrogens is 1. The SMILES string of the molecule is COC1(C(C)NCc2ccn[nH]2)CCCCC1. The second kappa shape index (κ2) is 5.65. The highest BCUT2D eigenvalue weighted by molar-refractivity contribution is 4.99. The molecule has 1 heterocycles. The molecule has 1 aromatic rings. The summed E-state index contributed by atoms with van der Waals surface area (Å²) in [5.74, 6) is 0. The highest BCUT2D eigenvalue weighted by atomic mass is 16.5. The van der Waals surface area contributed by atoms with Gasteiger partial charge in [0.05, 0.1) is 5.60 Å². The molecule has 2 N–H and O–H groups in total. The Morgan fingerprint density at radius 2 is 2.24 bits per heavy atom. The molecular formula is C13H23N3O. The van der Waals surface area contributed by atoms with Gasteiger partial charge in [-0.05, 0) is 25.8 Å². The van der Waals surface area contributed by atoms with Gasteiger partial charge in [0, 0.05) is 31.6 Å². The molecule has 2 rings (SSSR count). The predicted octanol–water partition coefficient (Wildman–Crippen LogP) is 2.24. The Balaban J connectivity index is 1.90. The molecule has 1 atom stereocenters. The Morgan fingerprint density at radius 1 is 1.47 bits per heavy atom. The lowest BCUT2D eigenvalue weighted by atomic mass is 9.79. The number of hydrogen-bond acceptors (Lipinski definition) is 3. The highest BCUT2D eigenvalue weighted by Crippen LogP contribution is 2.34. The van der Waals surface area contributed by atoms with Crippen LogP contribution in [0.15, 0.2) is 12.3 Å². The molecule has 0 aromatic carbocycles. The first-order valence-electron chi connectivity index (χ1n) is 6.54. The second-order valence-electron chi connectivity index (χ2n) is 5.01. The molecule has 1 saturated carbocycles. The van der Waals surface area contributed by atoms with Crippen LogP contribution in [0.3, 0.4) is 0 Å². The number of hydrogen-bond donors (Lipinski definition) is 2. The maximum Gasteiger partial charge on any atom is 0.0828 e. The van der Waals surface area contributed by atoms with Gasteiger partial charge in [-0.15, -0.1) is 0 Å². The van der Waals surface area contributed by atoms with Crippen molar-refractivity contribution in [2.45, 2.75) is 57.2 Å². The quantitative estimate of drug-likeness (QED) is 0.825. The molecule has 0 spiro atoms. The minimum Gasteiger partial charge on any atom is -0.377 e. The maximum atomic E-state index is 5.82. The number of rotatable bonds is 5. The fourth-order valence-corrected chi connectivity index (χ4v) is 2.80. The molecule has 4 nitrogen and oxygen atoms in total. The van der Waals surface area contributed by atoms with Crippen molar-refractivity contribution in [2.75, 3.05) is 7.11 Å². The molecule has 1 aliphatic carbocycles. The van der Waals surface area contributed by atoms with Crippen LogP contribution in [0.4, 0.5) is 0 Å². The van der Waals surface area contributed by atoms with Gasteiger partial charge in [-0.3, -0.25) is 5.10 Å². The largest absolute Gasteiger partial charge is 0.377 e. The van der Waals surface area contributed by atoms with Crippen molar-refractivity contribution in [2.24, 2.45) is 0 Å². The van der Waals surface area contributed by atoms with E-state index in [2.05, 4.69) is 22.4 Å². The van der Waals surface area contributed by atoms with E-state index in [1.54, 1.807) is 6.20 Å². The van der Waals surface area contributed by atoms with Crippen LogP contribution in [-0.4, -0.2) is 29.0 Å². The van der Waals surface area contributed by atoms with Crippen molar-refractivity contribution < 1.29 is 4.74 Å². The number of methoxy groups -OCH3 is 1.